The minimum atomic E-state index is 0. The van der Waals surface area contributed by atoms with Crippen LogP contribution in [0.5, 0.6) is 103 Å². The minimum absolute atomic E-state index is 0. The van der Waals surface area contributed by atoms with E-state index in [0.29, 0.717) is 138 Å². The van der Waals surface area contributed by atoms with Crippen molar-refractivity contribution in [2.45, 2.75) is 0 Å². The summed E-state index contributed by atoms with van der Waals surface area (Å²) in [6, 6.07) is 19.3. The van der Waals surface area contributed by atoms with E-state index in [2.05, 4.69) is 29.1 Å². The Morgan fingerprint density at radius 1 is 0.176 bits per heavy atom. The van der Waals surface area contributed by atoms with Crippen molar-refractivity contribution in [3.63, 3.8) is 0 Å². The van der Waals surface area contributed by atoms with Gasteiger partial charge >= 0.3 is 0 Å². The zero-order valence-electron chi connectivity index (χ0n) is 50.3. The number of hydrogen-bond acceptors (Lipinski definition) is 18. The van der Waals surface area contributed by atoms with Gasteiger partial charge in [-0.2, -0.15) is 0 Å². The molecule has 1 radical (unpaired) electrons. The van der Waals surface area contributed by atoms with E-state index in [4.69, 9.17) is 125 Å². The first kappa shape index (κ1) is 74.3. The molecule has 0 spiro atoms. The average molecular weight is 1260 g/mol. The summed E-state index contributed by atoms with van der Waals surface area (Å²) in [4.78, 5) is 19.8. The quantitative estimate of drug-likeness (QED) is 0.0737. The second kappa shape index (κ2) is 40.5. The maximum absolute atomic E-state index is 6.89. The van der Waals surface area contributed by atoms with Crippen molar-refractivity contribution in [1.29, 1.82) is 0 Å². The number of nitrogens with zero attached hydrogens (tertiary/aromatic N) is 6. The molecule has 0 aliphatic carbocycles. The SMILES string of the molecule is [99Tc].[C-]#[N+]c1cc(OC)c(OC)c(OC)c1.[C-]#[N+]c1cc(OC)c(OC)c(OC)c1.[C-]#[N+]c1cc(OC)c(OC)c(OC)c1.[C-]#[N+]c1cc(OC)c(OC)c(OC)c1.[C-]#[N+]c1cc(OC)c(OC)c(OC)c1.[C-]#[N+]c1cc(OC)c(OC)c(OC)c1. The van der Waals surface area contributed by atoms with Crippen molar-refractivity contribution < 1.29 is 105 Å². The Bertz CT molecular complexity index is 2640. The van der Waals surface area contributed by atoms with Crippen LogP contribution in [-0.2, 0) is 20.1 Å². The molecule has 0 amide bonds. The van der Waals surface area contributed by atoms with E-state index in [9.17, 15) is 0 Å². The Kier molecular flexibility index (Phi) is 35.4. The number of benzene rings is 6. The summed E-state index contributed by atoms with van der Waals surface area (Å²) in [7, 11) is 27.4. The molecular formula is C60H66N6O18Tc. The Morgan fingerprint density at radius 3 is 0.306 bits per heavy atom. The van der Waals surface area contributed by atoms with Gasteiger partial charge in [-0.25, -0.2) is 29.1 Å². The van der Waals surface area contributed by atoms with Gasteiger partial charge in [0.1, 0.15) is 0 Å². The van der Waals surface area contributed by atoms with Crippen LogP contribution in [-0.4, -0.2) is 128 Å². The molecule has 0 aliphatic rings. The fourth-order valence-corrected chi connectivity index (χ4v) is 6.79. The molecule has 24 nitrogen and oxygen atoms in total. The van der Waals surface area contributed by atoms with Crippen LogP contribution >= 0.6 is 0 Å². The van der Waals surface area contributed by atoms with E-state index in [1.54, 1.807) is 72.8 Å². The van der Waals surface area contributed by atoms with Crippen LogP contribution in [0.1, 0.15) is 0 Å². The molecule has 6 aromatic rings. The van der Waals surface area contributed by atoms with Crippen molar-refractivity contribution in [3.05, 3.63) is 141 Å². The van der Waals surface area contributed by atoms with E-state index < -0.39 is 0 Å². The van der Waals surface area contributed by atoms with Crippen molar-refractivity contribution in [2.24, 2.45) is 0 Å². The van der Waals surface area contributed by atoms with Crippen molar-refractivity contribution in [2.75, 3.05) is 128 Å². The van der Waals surface area contributed by atoms with Gasteiger partial charge in [0.05, 0.1) is 167 Å². The van der Waals surface area contributed by atoms with Gasteiger partial charge in [-0.05, 0) is 72.8 Å². The summed E-state index contributed by atoms with van der Waals surface area (Å²) in [6.07, 6.45) is 0. The molecule has 85 heavy (non-hydrogen) atoms. The van der Waals surface area contributed by atoms with Crippen molar-refractivity contribution >= 4 is 34.1 Å². The van der Waals surface area contributed by atoms with Gasteiger partial charge in [0.15, 0.2) is 103 Å². The number of rotatable bonds is 18. The fraction of sp³-hybridized carbons (Fsp3) is 0.300. The van der Waals surface area contributed by atoms with E-state index in [1.165, 1.54) is 128 Å². The smallest absolute Gasteiger partial charge is 0.200 e. The first-order valence-corrected chi connectivity index (χ1v) is 23.6. The van der Waals surface area contributed by atoms with Crippen LogP contribution in [0, 0.1) is 39.4 Å². The van der Waals surface area contributed by atoms with E-state index in [0.717, 1.165) is 0 Å². The van der Waals surface area contributed by atoms with Gasteiger partial charge in [-0.1, -0.05) is 0 Å². The zero-order valence-corrected chi connectivity index (χ0v) is 52.2. The topological polar surface area (TPSA) is 192 Å². The molecule has 451 valence electrons. The third-order valence-electron chi connectivity index (χ3n) is 10.7. The molecule has 0 saturated heterocycles. The van der Waals surface area contributed by atoms with Gasteiger partial charge in [0.25, 0.3) is 0 Å². The van der Waals surface area contributed by atoms with Gasteiger partial charge in [-0.15, -0.1) is 0 Å². The molecule has 0 fully saturated rings. The van der Waals surface area contributed by atoms with Crippen LogP contribution < -0.4 is 85.3 Å². The average Bonchev–Trinajstić information content (AvgIpc) is 3.77. The van der Waals surface area contributed by atoms with E-state index in [-0.39, 0.29) is 20.1 Å². The van der Waals surface area contributed by atoms with E-state index >= 15 is 0 Å². The predicted octanol–water partition coefficient (Wildman–Crippen LogP) is 13.6. The molecule has 0 aliphatic heterocycles. The van der Waals surface area contributed by atoms with Crippen LogP contribution in [0.4, 0.5) is 34.1 Å². The summed E-state index contributed by atoms with van der Waals surface area (Å²) in [6.45, 7) is 41.3. The van der Waals surface area contributed by atoms with Gasteiger partial charge in [0, 0.05) is 20.1 Å². The standard InChI is InChI=1S/6C10H11NO3.Tc/c6*1-11-7-5-8(12-2)10(14-4)9(6-7)13-3;/h6*5-6H,2-4H3;/i;;;;;;1+1. The summed E-state index contributed by atoms with van der Waals surface area (Å²) in [5, 5.41) is 0. The predicted molar refractivity (Wildman–Crippen MR) is 314 cm³/mol. The summed E-state index contributed by atoms with van der Waals surface area (Å²) in [5.41, 5.74) is 2.75. The second-order valence-electron chi connectivity index (χ2n) is 15.0. The number of methoxy groups -OCH3 is 18. The number of hydrogen-bond donors (Lipinski definition) is 0. The molecule has 0 N–H and O–H groups in total. The molecule has 0 heterocycles. The molecule has 0 bridgehead atoms. The molecule has 25 heteroatoms. The normalized spacial score (nSPS) is 8.89. The molecular weight excluding hydrogens is 1190 g/mol. The maximum atomic E-state index is 6.89. The monoisotopic (exact) mass is 1260 g/mol. The van der Waals surface area contributed by atoms with Gasteiger partial charge < -0.3 is 85.3 Å². The first-order chi connectivity index (χ1) is 40.6. The Hall–Kier alpha value is -10.7. The molecule has 6 aromatic carbocycles. The van der Waals surface area contributed by atoms with Gasteiger partial charge in [0.2, 0.25) is 34.5 Å². The second-order valence-corrected chi connectivity index (χ2v) is 15.0. The first-order valence-electron chi connectivity index (χ1n) is 23.6. The third-order valence-corrected chi connectivity index (χ3v) is 10.7. The Morgan fingerprint density at radius 2 is 0.259 bits per heavy atom. The largest absolute Gasteiger partial charge is 0.494 e. The number of ether oxygens (including phenoxy) is 18. The summed E-state index contributed by atoms with van der Waals surface area (Å²) < 4.78 is 91.5. The van der Waals surface area contributed by atoms with E-state index in [1.807, 2.05) is 0 Å². The molecule has 6 rings (SSSR count). The maximum Gasteiger partial charge on any atom is 0.200 e. The summed E-state index contributed by atoms with van der Waals surface area (Å²) in [5.74, 6) is 8.99. The van der Waals surface area contributed by atoms with Crippen molar-refractivity contribution in [3.8, 4) is 103 Å². The van der Waals surface area contributed by atoms with Crippen LogP contribution in [0.25, 0.3) is 29.1 Å². The van der Waals surface area contributed by atoms with Crippen LogP contribution in [0.3, 0.4) is 0 Å². The molecule has 0 unspecified atom stereocenters. The fourth-order valence-electron chi connectivity index (χ4n) is 6.79. The minimum Gasteiger partial charge on any atom is -0.494 e. The zero-order chi connectivity index (χ0) is 63.3. The van der Waals surface area contributed by atoms with Gasteiger partial charge in [-0.3, -0.25) is 0 Å². The molecule has 0 aromatic heterocycles. The Balaban J connectivity index is 0.000000994. The van der Waals surface area contributed by atoms with Crippen LogP contribution in [0.15, 0.2) is 72.8 Å². The third kappa shape index (κ3) is 21.0. The Labute approximate surface area is 510 Å². The summed E-state index contributed by atoms with van der Waals surface area (Å²) >= 11 is 0. The molecule has 0 saturated carbocycles. The van der Waals surface area contributed by atoms with Crippen molar-refractivity contribution in [1.82, 2.24) is 0 Å². The molecule has 0 atom stereocenters. The van der Waals surface area contributed by atoms with Crippen LogP contribution in [0.2, 0.25) is 0 Å².